The number of benzene rings is 1. The van der Waals surface area contributed by atoms with E-state index < -0.39 is 6.04 Å². The standard InChI is InChI=1S/C16H18N4O4/c1-10-15(22)20(11-3-5-12(24-2)6-4-11)8-7-19(10)16(23)13-9-14(21)18-17-13/h3-6,9-10H,7-8H2,1-2H3,(H2,17,18,21)/t10-/m0/s1. The molecule has 8 heteroatoms. The summed E-state index contributed by atoms with van der Waals surface area (Å²) in [6.45, 7) is 2.45. The molecule has 24 heavy (non-hydrogen) atoms. The van der Waals surface area contributed by atoms with Crippen molar-refractivity contribution >= 4 is 17.5 Å². The van der Waals surface area contributed by atoms with Crippen LogP contribution in [0.5, 0.6) is 5.75 Å². The number of aromatic amines is 2. The molecule has 0 aliphatic carbocycles. The first-order valence-electron chi connectivity index (χ1n) is 7.55. The maximum absolute atomic E-state index is 12.7. The van der Waals surface area contributed by atoms with Crippen molar-refractivity contribution < 1.29 is 14.3 Å². The number of aromatic nitrogens is 2. The van der Waals surface area contributed by atoms with E-state index in [-0.39, 0.29) is 23.1 Å². The van der Waals surface area contributed by atoms with Crippen molar-refractivity contribution in [3.05, 3.63) is 46.4 Å². The van der Waals surface area contributed by atoms with E-state index in [1.165, 1.54) is 11.0 Å². The number of rotatable bonds is 3. The van der Waals surface area contributed by atoms with E-state index in [0.717, 1.165) is 5.69 Å². The van der Waals surface area contributed by atoms with Crippen LogP contribution in [0.1, 0.15) is 17.4 Å². The molecule has 0 radical (unpaired) electrons. The van der Waals surface area contributed by atoms with Crippen LogP contribution in [-0.4, -0.2) is 53.2 Å². The molecule has 126 valence electrons. The summed E-state index contributed by atoms with van der Waals surface area (Å²) in [5.74, 6) is 0.172. The number of methoxy groups -OCH3 is 1. The number of hydrogen-bond acceptors (Lipinski definition) is 4. The Morgan fingerprint density at radius 3 is 2.46 bits per heavy atom. The van der Waals surface area contributed by atoms with Crippen LogP contribution in [0.2, 0.25) is 0 Å². The normalized spacial score (nSPS) is 17.9. The van der Waals surface area contributed by atoms with Gasteiger partial charge >= 0.3 is 0 Å². The molecule has 0 spiro atoms. The number of hydrogen-bond donors (Lipinski definition) is 2. The van der Waals surface area contributed by atoms with Crippen molar-refractivity contribution in [2.75, 3.05) is 25.1 Å². The van der Waals surface area contributed by atoms with Gasteiger partial charge in [0.15, 0.2) is 0 Å². The second-order valence-corrected chi connectivity index (χ2v) is 5.53. The number of carbonyl (C=O) groups excluding carboxylic acids is 2. The van der Waals surface area contributed by atoms with Gasteiger partial charge < -0.3 is 14.5 Å². The fourth-order valence-electron chi connectivity index (χ4n) is 2.77. The minimum Gasteiger partial charge on any atom is -0.497 e. The Bertz CT molecular complexity index is 808. The highest BCUT2D eigenvalue weighted by Crippen LogP contribution is 2.23. The van der Waals surface area contributed by atoms with Gasteiger partial charge in [-0.15, -0.1) is 0 Å². The minimum atomic E-state index is -0.619. The van der Waals surface area contributed by atoms with E-state index in [1.807, 2.05) is 12.1 Å². The van der Waals surface area contributed by atoms with Crippen LogP contribution in [0.4, 0.5) is 5.69 Å². The Kier molecular flexibility index (Phi) is 4.11. The average molecular weight is 330 g/mol. The fourth-order valence-corrected chi connectivity index (χ4v) is 2.77. The molecule has 8 nitrogen and oxygen atoms in total. The molecule has 1 aliphatic heterocycles. The van der Waals surface area contributed by atoms with Gasteiger partial charge in [-0.1, -0.05) is 0 Å². The molecule has 1 aliphatic rings. The van der Waals surface area contributed by atoms with E-state index in [2.05, 4.69) is 10.2 Å². The molecule has 1 saturated heterocycles. The first-order valence-corrected chi connectivity index (χ1v) is 7.55. The van der Waals surface area contributed by atoms with E-state index in [9.17, 15) is 14.4 Å². The van der Waals surface area contributed by atoms with Gasteiger partial charge in [-0.05, 0) is 31.2 Å². The zero-order chi connectivity index (χ0) is 17.3. The second-order valence-electron chi connectivity index (χ2n) is 5.53. The van der Waals surface area contributed by atoms with Gasteiger partial charge in [-0.2, -0.15) is 0 Å². The largest absolute Gasteiger partial charge is 0.497 e. The van der Waals surface area contributed by atoms with Crippen LogP contribution in [0.15, 0.2) is 35.1 Å². The molecule has 2 amide bonds. The molecule has 2 aromatic rings. The first kappa shape index (κ1) is 15.9. The highest BCUT2D eigenvalue weighted by molar-refractivity contribution is 6.02. The van der Waals surface area contributed by atoms with Gasteiger partial charge in [0.05, 0.1) is 7.11 Å². The molecular formula is C16H18N4O4. The van der Waals surface area contributed by atoms with Gasteiger partial charge in [-0.25, -0.2) is 0 Å². The summed E-state index contributed by atoms with van der Waals surface area (Å²) in [5, 5.41) is 4.85. The zero-order valence-electron chi connectivity index (χ0n) is 13.4. The number of anilines is 1. The third kappa shape index (κ3) is 2.78. The highest BCUT2D eigenvalue weighted by Gasteiger charge is 2.35. The summed E-state index contributed by atoms with van der Waals surface area (Å²) in [7, 11) is 1.58. The number of piperazine rings is 1. The quantitative estimate of drug-likeness (QED) is 0.860. The molecule has 1 atom stereocenters. The summed E-state index contributed by atoms with van der Waals surface area (Å²) in [4.78, 5) is 39.4. The smallest absolute Gasteiger partial charge is 0.272 e. The zero-order valence-corrected chi connectivity index (χ0v) is 13.4. The van der Waals surface area contributed by atoms with Gasteiger partial charge in [0, 0.05) is 24.8 Å². The predicted molar refractivity (Wildman–Crippen MR) is 87.3 cm³/mol. The molecule has 0 saturated carbocycles. The fraction of sp³-hybridized carbons (Fsp3) is 0.312. The average Bonchev–Trinajstić information content (AvgIpc) is 3.03. The maximum Gasteiger partial charge on any atom is 0.272 e. The first-order chi connectivity index (χ1) is 11.5. The Morgan fingerprint density at radius 1 is 1.17 bits per heavy atom. The summed E-state index contributed by atoms with van der Waals surface area (Å²) in [6, 6.07) is 7.77. The number of nitrogens with zero attached hydrogens (tertiary/aromatic N) is 2. The Balaban J connectivity index is 1.77. The molecule has 3 rings (SSSR count). The van der Waals surface area contributed by atoms with Gasteiger partial charge in [-0.3, -0.25) is 24.6 Å². The van der Waals surface area contributed by atoms with E-state index in [4.69, 9.17) is 4.74 Å². The molecule has 1 aromatic heterocycles. The molecule has 0 bridgehead atoms. The van der Waals surface area contributed by atoms with Gasteiger partial charge in [0.25, 0.3) is 11.5 Å². The molecule has 1 aromatic carbocycles. The summed E-state index contributed by atoms with van der Waals surface area (Å²) < 4.78 is 5.12. The molecular weight excluding hydrogens is 312 g/mol. The Morgan fingerprint density at radius 2 is 1.88 bits per heavy atom. The second kappa shape index (κ2) is 6.23. The molecule has 2 N–H and O–H groups in total. The van der Waals surface area contributed by atoms with Crippen molar-refractivity contribution in [2.24, 2.45) is 0 Å². The maximum atomic E-state index is 12.7. The monoisotopic (exact) mass is 330 g/mol. The van der Waals surface area contributed by atoms with Crippen molar-refractivity contribution in [3.8, 4) is 5.75 Å². The van der Waals surface area contributed by atoms with E-state index in [1.54, 1.807) is 31.1 Å². The Hall–Kier alpha value is -3.03. The summed E-state index contributed by atoms with van der Waals surface area (Å²) in [6.07, 6.45) is 0. The summed E-state index contributed by atoms with van der Waals surface area (Å²) in [5.41, 5.74) is 0.529. The number of carbonyl (C=O) groups is 2. The number of amides is 2. The minimum absolute atomic E-state index is 0.151. The van der Waals surface area contributed by atoms with Crippen LogP contribution < -0.4 is 15.2 Å². The van der Waals surface area contributed by atoms with Crippen molar-refractivity contribution in [2.45, 2.75) is 13.0 Å². The topological polar surface area (TPSA) is 98.5 Å². The molecule has 0 unspecified atom stereocenters. The van der Waals surface area contributed by atoms with Crippen LogP contribution >= 0.6 is 0 Å². The Labute approximate surface area is 138 Å². The van der Waals surface area contributed by atoms with E-state index >= 15 is 0 Å². The number of H-pyrrole nitrogens is 2. The lowest BCUT2D eigenvalue weighted by atomic mass is 10.1. The lowest BCUT2D eigenvalue weighted by Gasteiger charge is -2.38. The SMILES string of the molecule is COc1ccc(N2CCN(C(=O)c3cc(=O)[nH][nH]3)[C@@H](C)C2=O)cc1. The summed E-state index contributed by atoms with van der Waals surface area (Å²) >= 11 is 0. The van der Waals surface area contributed by atoms with Crippen LogP contribution in [0, 0.1) is 0 Å². The predicted octanol–water partition coefficient (Wildman–Crippen LogP) is 0.589. The van der Waals surface area contributed by atoms with E-state index in [0.29, 0.717) is 18.8 Å². The highest BCUT2D eigenvalue weighted by atomic mass is 16.5. The van der Waals surface area contributed by atoms with Crippen molar-refractivity contribution in [1.29, 1.82) is 0 Å². The van der Waals surface area contributed by atoms with Gasteiger partial charge in [0.2, 0.25) is 5.91 Å². The number of ether oxygens (including phenoxy) is 1. The third-order valence-corrected chi connectivity index (χ3v) is 4.13. The van der Waals surface area contributed by atoms with Crippen molar-refractivity contribution in [3.63, 3.8) is 0 Å². The van der Waals surface area contributed by atoms with Gasteiger partial charge in [0.1, 0.15) is 17.5 Å². The van der Waals surface area contributed by atoms with Crippen molar-refractivity contribution in [1.82, 2.24) is 15.1 Å². The molecule has 2 heterocycles. The van der Waals surface area contributed by atoms with Crippen LogP contribution in [0.25, 0.3) is 0 Å². The lowest BCUT2D eigenvalue weighted by molar-refractivity contribution is -0.124. The van der Waals surface area contributed by atoms with Crippen LogP contribution in [-0.2, 0) is 4.79 Å². The lowest BCUT2D eigenvalue weighted by Crippen LogP contribution is -2.57. The van der Waals surface area contributed by atoms with Crippen LogP contribution in [0.3, 0.4) is 0 Å². The molecule has 1 fully saturated rings. The third-order valence-electron chi connectivity index (χ3n) is 4.13. The number of nitrogens with one attached hydrogen (secondary N) is 2.